The Morgan fingerprint density at radius 2 is 2.07 bits per heavy atom. The van der Waals surface area contributed by atoms with Crippen LogP contribution in [0, 0.1) is 6.92 Å². The Bertz CT molecular complexity index is 1000. The Kier molecular flexibility index (Phi) is 5.88. The summed E-state index contributed by atoms with van der Waals surface area (Å²) in [5, 5.41) is 5.11. The Balaban J connectivity index is 2.01. The molecule has 0 atom stereocenters. The molecule has 0 saturated heterocycles. The molecule has 0 bridgehead atoms. The highest BCUT2D eigenvalue weighted by Gasteiger charge is 2.23. The van der Waals surface area contributed by atoms with E-state index in [9.17, 15) is 9.59 Å². The Morgan fingerprint density at radius 3 is 2.78 bits per heavy atom. The van der Waals surface area contributed by atoms with Crippen molar-refractivity contribution in [3.05, 3.63) is 69.8 Å². The molecule has 0 radical (unpaired) electrons. The summed E-state index contributed by atoms with van der Waals surface area (Å²) in [7, 11) is 0. The van der Waals surface area contributed by atoms with Crippen molar-refractivity contribution >= 4 is 39.8 Å². The minimum Gasteiger partial charge on any atom is -0.462 e. The molecule has 0 aliphatic carbocycles. The van der Waals surface area contributed by atoms with E-state index in [4.69, 9.17) is 16.3 Å². The van der Waals surface area contributed by atoms with Gasteiger partial charge in [0.25, 0.3) is 5.91 Å². The van der Waals surface area contributed by atoms with Crippen LogP contribution in [0.1, 0.15) is 33.2 Å². The molecule has 0 saturated carbocycles. The van der Waals surface area contributed by atoms with Gasteiger partial charge in [0.1, 0.15) is 15.7 Å². The summed E-state index contributed by atoms with van der Waals surface area (Å²) in [5.74, 6) is -0.917. The molecular weight excluding hydrogens is 384 g/mol. The van der Waals surface area contributed by atoms with Crippen molar-refractivity contribution in [2.75, 3.05) is 11.9 Å². The zero-order chi connectivity index (χ0) is 19.4. The van der Waals surface area contributed by atoms with Crippen molar-refractivity contribution in [2.24, 2.45) is 0 Å². The monoisotopic (exact) mass is 400 g/mol. The molecule has 0 fully saturated rings. The largest absolute Gasteiger partial charge is 0.462 e. The molecule has 27 heavy (non-hydrogen) atoms. The topological polar surface area (TPSA) is 68.3 Å². The van der Waals surface area contributed by atoms with Crippen LogP contribution < -0.4 is 5.32 Å². The number of aryl methyl sites for hydroxylation is 1. The average Bonchev–Trinajstić information content (AvgIpc) is 3.06. The van der Waals surface area contributed by atoms with Crippen LogP contribution in [0.4, 0.5) is 5.00 Å². The Labute approximate surface area is 166 Å². The first-order chi connectivity index (χ1) is 13.0. The van der Waals surface area contributed by atoms with E-state index >= 15 is 0 Å². The molecule has 1 amide bonds. The number of ether oxygens (including phenoxy) is 1. The number of carbonyl (C=O) groups is 2. The summed E-state index contributed by atoms with van der Waals surface area (Å²) in [6, 6.07) is 11.0. The first-order valence-electron chi connectivity index (χ1n) is 8.28. The van der Waals surface area contributed by atoms with E-state index in [0.717, 1.165) is 16.7 Å². The van der Waals surface area contributed by atoms with Crippen molar-refractivity contribution in [2.45, 2.75) is 13.8 Å². The van der Waals surface area contributed by atoms with E-state index in [2.05, 4.69) is 10.3 Å². The van der Waals surface area contributed by atoms with Crippen LogP contribution in [0.25, 0.3) is 11.1 Å². The van der Waals surface area contributed by atoms with Gasteiger partial charge in [0.15, 0.2) is 0 Å². The third-order valence-corrected chi connectivity index (χ3v) is 5.03. The Hall–Kier alpha value is -2.70. The number of anilines is 1. The van der Waals surface area contributed by atoms with E-state index in [1.807, 2.05) is 36.6 Å². The maximum atomic E-state index is 12.6. The summed E-state index contributed by atoms with van der Waals surface area (Å²) in [5.41, 5.74) is 3.24. The molecular formula is C20H17ClN2O3S. The van der Waals surface area contributed by atoms with Crippen LogP contribution in [0.2, 0.25) is 5.15 Å². The lowest BCUT2D eigenvalue weighted by Crippen LogP contribution is -2.15. The van der Waals surface area contributed by atoms with Gasteiger partial charge >= 0.3 is 5.97 Å². The predicted molar refractivity (Wildman–Crippen MR) is 108 cm³/mol. The molecule has 7 heteroatoms. The maximum absolute atomic E-state index is 12.6. The summed E-state index contributed by atoms with van der Waals surface area (Å²) in [6.45, 7) is 3.96. The van der Waals surface area contributed by atoms with Gasteiger partial charge in [-0.1, -0.05) is 41.4 Å². The van der Waals surface area contributed by atoms with E-state index < -0.39 is 11.9 Å². The van der Waals surface area contributed by atoms with Gasteiger partial charge < -0.3 is 10.1 Å². The second-order valence-electron chi connectivity index (χ2n) is 5.74. The highest BCUT2D eigenvalue weighted by Crippen LogP contribution is 2.37. The lowest BCUT2D eigenvalue weighted by atomic mass is 10.0. The van der Waals surface area contributed by atoms with Crippen molar-refractivity contribution < 1.29 is 14.3 Å². The van der Waals surface area contributed by atoms with Crippen molar-refractivity contribution in [1.82, 2.24) is 4.98 Å². The van der Waals surface area contributed by atoms with Gasteiger partial charge in [-0.2, -0.15) is 0 Å². The number of pyridine rings is 1. The molecule has 2 heterocycles. The normalized spacial score (nSPS) is 10.5. The number of amides is 1. The first-order valence-corrected chi connectivity index (χ1v) is 9.54. The van der Waals surface area contributed by atoms with Crippen molar-refractivity contribution in [3.8, 4) is 11.1 Å². The fourth-order valence-electron chi connectivity index (χ4n) is 2.61. The average molecular weight is 401 g/mol. The smallest absolute Gasteiger partial charge is 0.341 e. The number of thiophene rings is 1. The van der Waals surface area contributed by atoms with Gasteiger partial charge in [0.2, 0.25) is 0 Å². The minimum absolute atomic E-state index is 0.100. The van der Waals surface area contributed by atoms with E-state index in [1.54, 1.807) is 19.1 Å². The van der Waals surface area contributed by atoms with Crippen LogP contribution >= 0.6 is 22.9 Å². The van der Waals surface area contributed by atoms with E-state index in [1.165, 1.54) is 17.5 Å². The third-order valence-electron chi connectivity index (χ3n) is 3.83. The van der Waals surface area contributed by atoms with Gasteiger partial charge in [0, 0.05) is 17.1 Å². The summed E-state index contributed by atoms with van der Waals surface area (Å²) >= 11 is 7.26. The number of aromatic nitrogens is 1. The zero-order valence-corrected chi connectivity index (χ0v) is 16.4. The number of benzene rings is 1. The predicted octanol–water partition coefficient (Wildman–Crippen LogP) is 5.20. The van der Waals surface area contributed by atoms with Crippen molar-refractivity contribution in [3.63, 3.8) is 0 Å². The molecule has 0 unspecified atom stereocenters. The Morgan fingerprint density at radius 1 is 1.26 bits per heavy atom. The fourth-order valence-corrected chi connectivity index (χ4v) is 3.76. The maximum Gasteiger partial charge on any atom is 0.341 e. The van der Waals surface area contributed by atoms with Crippen molar-refractivity contribution in [1.29, 1.82) is 0 Å². The highest BCUT2D eigenvalue weighted by atomic mass is 35.5. The SMILES string of the molecule is CCOC(=O)c1c(-c2cccc(C)c2)csc1NC(=O)c1cccnc1Cl. The van der Waals surface area contributed by atoms with Gasteiger partial charge in [-0.25, -0.2) is 9.78 Å². The van der Waals surface area contributed by atoms with Gasteiger partial charge in [-0.3, -0.25) is 4.79 Å². The number of rotatable bonds is 5. The number of hydrogen-bond acceptors (Lipinski definition) is 5. The highest BCUT2D eigenvalue weighted by molar-refractivity contribution is 7.15. The quantitative estimate of drug-likeness (QED) is 0.472. The van der Waals surface area contributed by atoms with Crippen LogP contribution in [0.5, 0.6) is 0 Å². The molecule has 0 spiro atoms. The van der Waals surface area contributed by atoms with E-state index in [0.29, 0.717) is 10.6 Å². The molecule has 1 aromatic carbocycles. The second kappa shape index (κ2) is 8.33. The number of nitrogens with zero attached hydrogens (tertiary/aromatic N) is 1. The molecule has 0 aliphatic heterocycles. The summed E-state index contributed by atoms with van der Waals surface area (Å²) < 4.78 is 5.21. The van der Waals surface area contributed by atoms with Gasteiger partial charge in [0.05, 0.1) is 12.2 Å². The molecule has 3 rings (SSSR count). The summed E-state index contributed by atoms with van der Waals surface area (Å²) in [4.78, 5) is 29.1. The van der Waals surface area contributed by atoms with Gasteiger partial charge in [-0.15, -0.1) is 11.3 Å². The number of esters is 1. The van der Waals surface area contributed by atoms with E-state index in [-0.39, 0.29) is 17.3 Å². The zero-order valence-electron chi connectivity index (χ0n) is 14.8. The molecule has 1 N–H and O–H groups in total. The number of hydrogen-bond donors (Lipinski definition) is 1. The number of carbonyl (C=O) groups excluding carboxylic acids is 2. The van der Waals surface area contributed by atoms with Gasteiger partial charge in [-0.05, 0) is 31.5 Å². The number of nitrogens with one attached hydrogen (secondary N) is 1. The molecule has 5 nitrogen and oxygen atoms in total. The standard InChI is InChI=1S/C20H17ClN2O3S/c1-3-26-20(25)16-15(13-7-4-6-12(2)10-13)11-27-19(16)23-18(24)14-8-5-9-22-17(14)21/h4-11H,3H2,1-2H3,(H,23,24). The van der Waals surface area contributed by atoms with Crippen LogP contribution in [0.3, 0.4) is 0 Å². The summed E-state index contributed by atoms with van der Waals surface area (Å²) in [6.07, 6.45) is 1.50. The first kappa shape index (κ1) is 19.1. The lowest BCUT2D eigenvalue weighted by Gasteiger charge is -2.09. The number of halogens is 1. The second-order valence-corrected chi connectivity index (χ2v) is 6.98. The minimum atomic E-state index is -0.483. The lowest BCUT2D eigenvalue weighted by molar-refractivity contribution is 0.0529. The molecule has 2 aromatic heterocycles. The molecule has 0 aliphatic rings. The van der Waals surface area contributed by atoms with Crippen LogP contribution in [-0.2, 0) is 4.74 Å². The molecule has 3 aromatic rings. The third kappa shape index (κ3) is 4.18. The van der Waals surface area contributed by atoms with Crippen LogP contribution in [-0.4, -0.2) is 23.5 Å². The molecule has 138 valence electrons. The van der Waals surface area contributed by atoms with Crippen LogP contribution in [0.15, 0.2) is 48.0 Å². The fraction of sp³-hybridized carbons (Fsp3) is 0.150.